The molecule has 8 rings (SSSR count). The van der Waals surface area contributed by atoms with Gasteiger partial charge >= 0.3 is 11.9 Å². The molecule has 0 saturated heterocycles. The van der Waals surface area contributed by atoms with E-state index in [0.29, 0.717) is 23.7 Å². The Morgan fingerprint density at radius 1 is 0.620 bits per heavy atom. The number of aromatic nitrogens is 2. The van der Waals surface area contributed by atoms with Gasteiger partial charge in [-0.3, -0.25) is 29.4 Å². The second-order valence-electron chi connectivity index (χ2n) is 15.1. The molecule has 0 radical (unpaired) electrons. The minimum absolute atomic E-state index is 0.0406. The summed E-state index contributed by atoms with van der Waals surface area (Å²) in [5.41, 5.74) is 7.21. The van der Waals surface area contributed by atoms with Gasteiger partial charge in [-0.1, -0.05) is 48.5 Å². The SMILES string of the molecule is CN(C)C(OC(=O)CCC(=O)OC(C1=C(c2cncc3ccccc23)C2CCC1C2)N(C)C)C1=C(c2cncc3ccccc23)C2CCC1C2. The number of allylic oxidation sites excluding steroid dienone is 2. The van der Waals surface area contributed by atoms with Crippen LogP contribution >= 0.6 is 0 Å². The summed E-state index contributed by atoms with van der Waals surface area (Å²) in [5, 5.41) is 4.56. The summed E-state index contributed by atoms with van der Waals surface area (Å²) >= 11 is 0. The van der Waals surface area contributed by atoms with Crippen molar-refractivity contribution in [1.82, 2.24) is 19.8 Å². The third kappa shape index (κ3) is 5.82. The topological polar surface area (TPSA) is 84.9 Å². The second-order valence-corrected chi connectivity index (χ2v) is 15.1. The predicted octanol–water partition coefficient (Wildman–Crippen LogP) is 7.49. The number of ether oxygens (including phenoxy) is 2. The predicted molar refractivity (Wildman–Crippen MR) is 195 cm³/mol. The Kier molecular flexibility index (Phi) is 8.77. The Bertz CT molecular complexity index is 1880. The molecule has 2 aromatic heterocycles. The van der Waals surface area contributed by atoms with Crippen LogP contribution in [-0.4, -0.2) is 72.4 Å². The normalized spacial score (nSPS) is 23.9. The zero-order chi connectivity index (χ0) is 34.5. The Labute approximate surface area is 294 Å². The highest BCUT2D eigenvalue weighted by atomic mass is 16.6. The van der Waals surface area contributed by atoms with Crippen molar-refractivity contribution < 1.29 is 19.1 Å². The Hall–Kier alpha value is -4.40. The van der Waals surface area contributed by atoms with Crippen LogP contribution in [0.2, 0.25) is 0 Å². The molecule has 2 heterocycles. The monoisotopic (exact) mass is 670 g/mol. The summed E-state index contributed by atoms with van der Waals surface area (Å²) in [5.74, 6) is 0.791. The average Bonchev–Trinajstić information content (AvgIpc) is 3.94. The quantitative estimate of drug-likeness (QED) is 0.120. The second kappa shape index (κ2) is 13.4. The van der Waals surface area contributed by atoms with Crippen molar-refractivity contribution in [2.45, 2.75) is 63.8 Å². The van der Waals surface area contributed by atoms with Crippen LogP contribution in [0, 0.1) is 23.7 Å². The van der Waals surface area contributed by atoms with E-state index in [-0.39, 0.29) is 12.8 Å². The van der Waals surface area contributed by atoms with Gasteiger partial charge in [0.1, 0.15) is 0 Å². The molecule has 4 aromatic rings. The number of nitrogens with zero attached hydrogens (tertiary/aromatic N) is 4. The van der Waals surface area contributed by atoms with Crippen LogP contribution in [0.25, 0.3) is 32.7 Å². The van der Waals surface area contributed by atoms with Crippen molar-refractivity contribution in [3.8, 4) is 0 Å². The van der Waals surface area contributed by atoms with E-state index in [1.54, 1.807) is 0 Å². The Morgan fingerprint density at radius 3 is 1.44 bits per heavy atom. The number of carbonyl (C=O) groups excluding carboxylic acids is 2. The molecule has 8 nitrogen and oxygen atoms in total. The van der Waals surface area contributed by atoms with Crippen LogP contribution in [0.5, 0.6) is 0 Å². The number of pyridine rings is 2. The van der Waals surface area contributed by atoms with Gasteiger partial charge < -0.3 is 9.47 Å². The van der Waals surface area contributed by atoms with E-state index in [1.807, 2.05) is 74.9 Å². The lowest BCUT2D eigenvalue weighted by Crippen LogP contribution is -2.38. The molecule has 2 aromatic carbocycles. The van der Waals surface area contributed by atoms with Gasteiger partial charge in [0.15, 0.2) is 12.5 Å². The first-order valence-corrected chi connectivity index (χ1v) is 18.1. The Balaban J connectivity index is 1.01. The molecule has 4 aliphatic rings. The van der Waals surface area contributed by atoms with Gasteiger partial charge in [0.25, 0.3) is 0 Å². The van der Waals surface area contributed by atoms with Crippen molar-refractivity contribution >= 4 is 44.6 Å². The van der Waals surface area contributed by atoms with Crippen molar-refractivity contribution in [1.29, 1.82) is 0 Å². The fourth-order valence-corrected chi connectivity index (χ4v) is 9.51. The van der Waals surface area contributed by atoms with E-state index in [2.05, 4.69) is 46.4 Å². The van der Waals surface area contributed by atoms with Gasteiger partial charge in [-0.05, 0) is 123 Å². The number of fused-ring (bicyclic) bond motifs is 6. The number of carbonyl (C=O) groups is 2. The number of benzene rings is 2. The Morgan fingerprint density at radius 2 is 1.02 bits per heavy atom. The minimum Gasteiger partial charge on any atom is -0.442 e. The molecule has 2 saturated carbocycles. The van der Waals surface area contributed by atoms with Crippen molar-refractivity contribution in [3.05, 3.63) is 95.6 Å². The molecule has 0 aliphatic heterocycles. The smallest absolute Gasteiger partial charge is 0.308 e. The molecule has 4 bridgehead atoms. The third-order valence-electron chi connectivity index (χ3n) is 11.6. The zero-order valence-electron chi connectivity index (χ0n) is 29.5. The number of esters is 2. The molecule has 50 heavy (non-hydrogen) atoms. The van der Waals surface area contributed by atoms with Crippen molar-refractivity contribution in [2.75, 3.05) is 28.2 Å². The molecular weight excluding hydrogens is 624 g/mol. The van der Waals surface area contributed by atoms with Crippen LogP contribution in [0.1, 0.15) is 62.5 Å². The van der Waals surface area contributed by atoms with E-state index >= 15 is 0 Å². The minimum atomic E-state index is -0.506. The lowest BCUT2D eigenvalue weighted by atomic mass is 9.85. The number of likely N-dealkylation sites (N-methyl/N-ethyl adjacent to an activating group) is 2. The fraction of sp³-hybridized carbons (Fsp3) is 0.429. The maximum absolute atomic E-state index is 13.5. The fourth-order valence-electron chi connectivity index (χ4n) is 9.51. The average molecular weight is 671 g/mol. The highest BCUT2D eigenvalue weighted by Gasteiger charge is 2.46. The first-order chi connectivity index (χ1) is 24.3. The largest absolute Gasteiger partial charge is 0.442 e. The van der Waals surface area contributed by atoms with Crippen LogP contribution in [0.15, 0.2) is 84.5 Å². The molecule has 258 valence electrons. The highest BCUT2D eigenvalue weighted by Crippen LogP contribution is 2.56. The lowest BCUT2D eigenvalue weighted by molar-refractivity contribution is -0.161. The van der Waals surface area contributed by atoms with E-state index in [1.165, 1.54) is 33.1 Å². The molecule has 0 spiro atoms. The van der Waals surface area contributed by atoms with E-state index in [0.717, 1.165) is 60.4 Å². The van der Waals surface area contributed by atoms with Crippen LogP contribution < -0.4 is 0 Å². The van der Waals surface area contributed by atoms with Crippen LogP contribution in [-0.2, 0) is 19.1 Å². The molecule has 0 amide bonds. The molecule has 6 atom stereocenters. The summed E-state index contributed by atoms with van der Waals surface area (Å²) in [6.45, 7) is 0. The first-order valence-electron chi connectivity index (χ1n) is 18.1. The van der Waals surface area contributed by atoms with E-state index < -0.39 is 24.4 Å². The van der Waals surface area contributed by atoms with Gasteiger partial charge in [-0.2, -0.15) is 0 Å². The van der Waals surface area contributed by atoms with Crippen molar-refractivity contribution in [2.24, 2.45) is 23.7 Å². The third-order valence-corrected chi connectivity index (χ3v) is 11.6. The standard InChI is InChI=1S/C42H46N4O4/c1-45(2)41(39-27-15-13-25(19-27)37(39)33-23-43-21-29-9-5-7-11-31(29)33)49-35(47)17-18-36(48)50-42(46(3)4)40-28-16-14-26(20-28)38(40)34-24-44-22-30-10-6-8-12-32(30)34/h5-12,21-28,41-42H,13-20H2,1-4H3. The number of hydrogen-bond acceptors (Lipinski definition) is 8. The maximum atomic E-state index is 13.5. The first kappa shape index (κ1) is 32.8. The highest BCUT2D eigenvalue weighted by molar-refractivity contribution is 5.96. The van der Waals surface area contributed by atoms with Gasteiger partial charge in [0, 0.05) is 46.7 Å². The number of hydrogen-bond donors (Lipinski definition) is 0. The van der Waals surface area contributed by atoms with E-state index in [9.17, 15) is 9.59 Å². The zero-order valence-corrected chi connectivity index (χ0v) is 29.5. The molecule has 4 aliphatic carbocycles. The van der Waals surface area contributed by atoms with Gasteiger partial charge in [0.2, 0.25) is 0 Å². The summed E-state index contributed by atoms with van der Waals surface area (Å²) in [6, 6.07) is 16.7. The van der Waals surface area contributed by atoms with Gasteiger partial charge in [-0.25, -0.2) is 0 Å². The van der Waals surface area contributed by atoms with Gasteiger partial charge in [-0.15, -0.1) is 0 Å². The molecule has 8 heteroatoms. The molecular formula is C42H46N4O4. The summed E-state index contributed by atoms with van der Waals surface area (Å²) in [6.07, 6.45) is 13.3. The summed E-state index contributed by atoms with van der Waals surface area (Å²) < 4.78 is 12.5. The molecule has 2 fully saturated rings. The number of rotatable bonds is 11. The van der Waals surface area contributed by atoms with Crippen LogP contribution in [0.3, 0.4) is 0 Å². The summed E-state index contributed by atoms with van der Waals surface area (Å²) in [4.78, 5) is 40.1. The van der Waals surface area contributed by atoms with Crippen LogP contribution in [0.4, 0.5) is 0 Å². The van der Waals surface area contributed by atoms with E-state index in [4.69, 9.17) is 9.47 Å². The molecule has 0 N–H and O–H groups in total. The van der Waals surface area contributed by atoms with Gasteiger partial charge in [0.05, 0.1) is 12.8 Å². The maximum Gasteiger partial charge on any atom is 0.308 e. The van der Waals surface area contributed by atoms with Crippen molar-refractivity contribution in [3.63, 3.8) is 0 Å². The summed E-state index contributed by atoms with van der Waals surface area (Å²) in [7, 11) is 7.83. The molecule has 6 unspecified atom stereocenters. The lowest BCUT2D eigenvalue weighted by Gasteiger charge is -2.32.